The first kappa shape index (κ1) is 19.5. The van der Waals surface area contributed by atoms with E-state index in [9.17, 15) is 4.79 Å². The molecule has 6 heteroatoms. The molecule has 1 atom stereocenters. The van der Waals surface area contributed by atoms with Crippen molar-refractivity contribution in [3.05, 3.63) is 58.8 Å². The molecule has 1 aromatic carbocycles. The van der Waals surface area contributed by atoms with Gasteiger partial charge in [0.15, 0.2) is 11.5 Å². The Balaban J connectivity index is 1.78. The summed E-state index contributed by atoms with van der Waals surface area (Å²) in [5.74, 6) is 1.35. The van der Waals surface area contributed by atoms with Gasteiger partial charge in [-0.15, -0.1) is 11.3 Å². The molecular formula is C21H25NO4S. The fourth-order valence-corrected chi connectivity index (χ4v) is 3.80. The van der Waals surface area contributed by atoms with Crippen molar-refractivity contribution >= 4 is 17.2 Å². The maximum atomic E-state index is 13.0. The van der Waals surface area contributed by atoms with Gasteiger partial charge in [0.25, 0.3) is 5.91 Å². The summed E-state index contributed by atoms with van der Waals surface area (Å²) >= 11 is 1.46. The van der Waals surface area contributed by atoms with E-state index in [-0.39, 0.29) is 12.0 Å². The third kappa shape index (κ3) is 5.11. The number of thiophene rings is 1. The summed E-state index contributed by atoms with van der Waals surface area (Å²) in [7, 11) is 1.61. The first-order valence-electron chi connectivity index (χ1n) is 9.06. The molecule has 5 nitrogen and oxygen atoms in total. The van der Waals surface area contributed by atoms with Crippen molar-refractivity contribution in [2.24, 2.45) is 0 Å². The zero-order valence-corrected chi connectivity index (χ0v) is 16.4. The van der Waals surface area contributed by atoms with E-state index in [1.165, 1.54) is 11.3 Å². The highest BCUT2D eigenvalue weighted by Crippen LogP contribution is 2.29. The van der Waals surface area contributed by atoms with Crippen LogP contribution in [0.2, 0.25) is 0 Å². The van der Waals surface area contributed by atoms with Crippen molar-refractivity contribution in [2.45, 2.75) is 25.5 Å². The minimum Gasteiger partial charge on any atom is -0.493 e. The number of hydrogen-bond donors (Lipinski definition) is 0. The molecule has 0 aliphatic carbocycles. The first-order chi connectivity index (χ1) is 13.2. The molecule has 0 radical (unpaired) electrons. The van der Waals surface area contributed by atoms with E-state index in [4.69, 9.17) is 14.2 Å². The van der Waals surface area contributed by atoms with E-state index in [2.05, 4.69) is 6.58 Å². The van der Waals surface area contributed by atoms with Crippen LogP contribution in [0.4, 0.5) is 0 Å². The predicted octanol–water partition coefficient (Wildman–Crippen LogP) is 4.14. The topological polar surface area (TPSA) is 48.0 Å². The van der Waals surface area contributed by atoms with Crippen LogP contribution in [-0.4, -0.2) is 43.8 Å². The fraction of sp³-hybridized carbons (Fsp3) is 0.381. The predicted molar refractivity (Wildman–Crippen MR) is 107 cm³/mol. The fourth-order valence-electron chi connectivity index (χ4n) is 3.11. The summed E-state index contributed by atoms with van der Waals surface area (Å²) in [5.41, 5.74) is 0.987. The minimum absolute atomic E-state index is 0.0338. The van der Waals surface area contributed by atoms with Crippen LogP contribution < -0.4 is 9.47 Å². The van der Waals surface area contributed by atoms with Gasteiger partial charge in [0.1, 0.15) is 6.61 Å². The van der Waals surface area contributed by atoms with Crippen molar-refractivity contribution in [2.75, 3.05) is 26.9 Å². The number of ether oxygens (including phenoxy) is 3. The van der Waals surface area contributed by atoms with Gasteiger partial charge >= 0.3 is 0 Å². The molecule has 1 aliphatic heterocycles. The third-order valence-corrected chi connectivity index (χ3v) is 5.28. The average Bonchev–Trinajstić information content (AvgIpc) is 3.39. The Labute approximate surface area is 164 Å². The molecule has 144 valence electrons. The number of methoxy groups -OCH3 is 1. The van der Waals surface area contributed by atoms with Gasteiger partial charge in [-0.1, -0.05) is 24.8 Å². The molecule has 27 heavy (non-hydrogen) atoms. The lowest BCUT2D eigenvalue weighted by atomic mass is 10.1. The zero-order chi connectivity index (χ0) is 19.1. The lowest BCUT2D eigenvalue weighted by Crippen LogP contribution is -2.36. The van der Waals surface area contributed by atoms with Gasteiger partial charge in [-0.05, 0) is 42.0 Å². The number of carbonyl (C=O) groups excluding carboxylic acids is 1. The third-order valence-electron chi connectivity index (χ3n) is 4.43. The van der Waals surface area contributed by atoms with E-state index in [0.29, 0.717) is 31.2 Å². The van der Waals surface area contributed by atoms with Gasteiger partial charge in [0, 0.05) is 19.7 Å². The van der Waals surface area contributed by atoms with Gasteiger partial charge in [0.05, 0.1) is 18.1 Å². The van der Waals surface area contributed by atoms with Gasteiger partial charge < -0.3 is 19.1 Å². The molecule has 3 rings (SSSR count). The van der Waals surface area contributed by atoms with Gasteiger partial charge in [-0.25, -0.2) is 0 Å². The van der Waals surface area contributed by atoms with Crippen LogP contribution >= 0.6 is 11.3 Å². The highest BCUT2D eigenvalue weighted by molar-refractivity contribution is 7.12. The lowest BCUT2D eigenvalue weighted by molar-refractivity contribution is 0.0511. The Bertz CT molecular complexity index is 754. The van der Waals surface area contributed by atoms with Crippen molar-refractivity contribution < 1.29 is 19.0 Å². The molecule has 0 saturated carbocycles. The normalized spacial score (nSPS) is 16.1. The standard InChI is InChI=1S/C21H25NO4S/c1-3-10-26-18-9-8-16(13-19(18)24-2)14-22(15-17-6-4-11-25-17)21(23)20-7-5-12-27-20/h3,5,7-9,12-13,17H,1,4,6,10-11,14-15H2,2H3. The molecule has 2 heterocycles. The van der Waals surface area contributed by atoms with E-state index in [0.717, 1.165) is 29.9 Å². The summed E-state index contributed by atoms with van der Waals surface area (Å²) < 4.78 is 16.8. The van der Waals surface area contributed by atoms with Crippen molar-refractivity contribution in [3.63, 3.8) is 0 Å². The minimum atomic E-state index is 0.0338. The smallest absolute Gasteiger partial charge is 0.264 e. The Morgan fingerprint density at radius 3 is 2.96 bits per heavy atom. The maximum absolute atomic E-state index is 13.0. The summed E-state index contributed by atoms with van der Waals surface area (Å²) in [5, 5.41) is 1.92. The summed E-state index contributed by atoms with van der Waals surface area (Å²) in [4.78, 5) is 15.6. The van der Waals surface area contributed by atoms with E-state index >= 15 is 0 Å². The van der Waals surface area contributed by atoms with Crippen LogP contribution in [0.1, 0.15) is 28.1 Å². The quantitative estimate of drug-likeness (QED) is 0.607. The number of rotatable bonds is 9. The molecule has 1 aromatic heterocycles. The Morgan fingerprint density at radius 2 is 2.30 bits per heavy atom. The Morgan fingerprint density at radius 1 is 1.41 bits per heavy atom. The highest BCUT2D eigenvalue weighted by Gasteiger charge is 2.24. The highest BCUT2D eigenvalue weighted by atomic mass is 32.1. The second kappa shape index (κ2) is 9.58. The number of benzene rings is 1. The average molecular weight is 388 g/mol. The van der Waals surface area contributed by atoms with Crippen LogP contribution in [0.15, 0.2) is 48.4 Å². The van der Waals surface area contributed by atoms with E-state index in [1.54, 1.807) is 13.2 Å². The van der Waals surface area contributed by atoms with Crippen LogP contribution in [0.5, 0.6) is 11.5 Å². The largest absolute Gasteiger partial charge is 0.493 e. The number of nitrogens with zero attached hydrogens (tertiary/aromatic N) is 1. The molecule has 1 amide bonds. The van der Waals surface area contributed by atoms with Gasteiger partial charge in [-0.3, -0.25) is 4.79 Å². The first-order valence-corrected chi connectivity index (χ1v) is 9.94. The van der Waals surface area contributed by atoms with Crippen LogP contribution in [0, 0.1) is 0 Å². The summed E-state index contributed by atoms with van der Waals surface area (Å²) in [6.45, 7) is 5.93. The second-order valence-electron chi connectivity index (χ2n) is 6.38. The lowest BCUT2D eigenvalue weighted by Gasteiger charge is -2.25. The van der Waals surface area contributed by atoms with Crippen molar-refractivity contribution in [1.29, 1.82) is 0 Å². The van der Waals surface area contributed by atoms with Crippen LogP contribution in [-0.2, 0) is 11.3 Å². The van der Waals surface area contributed by atoms with Crippen LogP contribution in [0.25, 0.3) is 0 Å². The van der Waals surface area contributed by atoms with Gasteiger partial charge in [-0.2, -0.15) is 0 Å². The number of amides is 1. The molecule has 0 N–H and O–H groups in total. The Hall–Kier alpha value is -2.31. The molecule has 1 unspecified atom stereocenters. The molecule has 1 fully saturated rings. The Kier molecular flexibility index (Phi) is 6.90. The zero-order valence-electron chi connectivity index (χ0n) is 15.6. The molecule has 0 spiro atoms. The van der Waals surface area contributed by atoms with Crippen LogP contribution in [0.3, 0.4) is 0 Å². The SMILES string of the molecule is C=CCOc1ccc(CN(CC2CCCO2)C(=O)c2cccs2)cc1OC. The number of hydrogen-bond acceptors (Lipinski definition) is 5. The van der Waals surface area contributed by atoms with Crippen molar-refractivity contribution in [3.8, 4) is 11.5 Å². The van der Waals surface area contributed by atoms with Crippen molar-refractivity contribution in [1.82, 2.24) is 4.90 Å². The summed E-state index contributed by atoms with van der Waals surface area (Å²) in [6, 6.07) is 9.52. The summed E-state index contributed by atoms with van der Waals surface area (Å²) in [6.07, 6.45) is 3.84. The molecule has 1 aliphatic rings. The molecule has 2 aromatic rings. The molecular weight excluding hydrogens is 362 g/mol. The van der Waals surface area contributed by atoms with E-state index < -0.39 is 0 Å². The van der Waals surface area contributed by atoms with Gasteiger partial charge in [0.2, 0.25) is 0 Å². The van der Waals surface area contributed by atoms with E-state index in [1.807, 2.05) is 40.6 Å². The number of carbonyl (C=O) groups is 1. The maximum Gasteiger partial charge on any atom is 0.264 e. The monoisotopic (exact) mass is 387 g/mol. The molecule has 0 bridgehead atoms. The second-order valence-corrected chi connectivity index (χ2v) is 7.33. The molecule has 1 saturated heterocycles.